The Balaban J connectivity index is 1.92. The van der Waals surface area contributed by atoms with E-state index in [1.165, 1.54) is 12.1 Å². The fraction of sp³-hybridized carbons (Fsp3) is 0.0625. The van der Waals surface area contributed by atoms with Gasteiger partial charge in [0, 0.05) is 12.7 Å². The summed E-state index contributed by atoms with van der Waals surface area (Å²) in [6.07, 6.45) is 1.96. The first-order chi connectivity index (χ1) is 9.72. The number of rotatable bonds is 3. The summed E-state index contributed by atoms with van der Waals surface area (Å²) in [5, 5.41) is 0. The van der Waals surface area contributed by atoms with Gasteiger partial charge in [-0.2, -0.15) is 0 Å². The van der Waals surface area contributed by atoms with Crippen molar-refractivity contribution in [3.05, 3.63) is 76.9 Å². The Morgan fingerprint density at radius 2 is 1.85 bits per heavy atom. The van der Waals surface area contributed by atoms with Crippen LogP contribution >= 0.6 is 12.2 Å². The highest BCUT2D eigenvalue weighted by atomic mass is 32.1. The molecular weight excluding hydrogens is 271 g/mol. The van der Waals surface area contributed by atoms with Gasteiger partial charge in [0.2, 0.25) is 0 Å². The fourth-order valence-corrected chi connectivity index (χ4v) is 2.37. The Labute approximate surface area is 121 Å². The molecular formula is C16H13FN2S. The number of halogens is 1. The fourth-order valence-electron chi connectivity index (χ4n) is 2.15. The number of H-pyrrole nitrogens is 1. The highest BCUT2D eigenvalue weighted by Crippen LogP contribution is 2.17. The quantitative estimate of drug-likeness (QED) is 0.707. The summed E-state index contributed by atoms with van der Waals surface area (Å²) >= 11 is 5.32. The summed E-state index contributed by atoms with van der Waals surface area (Å²) in [6, 6.07) is 16.5. The number of benzene rings is 2. The van der Waals surface area contributed by atoms with Crippen LogP contribution in [-0.2, 0) is 6.54 Å². The number of nitrogens with one attached hydrogen (secondary N) is 1. The van der Waals surface area contributed by atoms with Crippen molar-refractivity contribution in [3.8, 4) is 11.3 Å². The minimum atomic E-state index is -0.229. The average molecular weight is 284 g/mol. The molecule has 0 fully saturated rings. The predicted molar refractivity (Wildman–Crippen MR) is 80.6 cm³/mol. The maximum atomic E-state index is 13.2. The van der Waals surface area contributed by atoms with Crippen LogP contribution in [0.4, 0.5) is 4.39 Å². The second-order valence-electron chi connectivity index (χ2n) is 4.60. The molecule has 1 heterocycles. The zero-order valence-electron chi connectivity index (χ0n) is 10.7. The lowest BCUT2D eigenvalue weighted by atomic mass is 10.2. The van der Waals surface area contributed by atoms with Crippen LogP contribution in [0.5, 0.6) is 0 Å². The van der Waals surface area contributed by atoms with Crippen LogP contribution in [0.25, 0.3) is 11.3 Å². The second kappa shape index (κ2) is 5.43. The highest BCUT2D eigenvalue weighted by Gasteiger charge is 2.04. The molecule has 0 bridgehead atoms. The lowest BCUT2D eigenvalue weighted by Crippen LogP contribution is -1.98. The van der Waals surface area contributed by atoms with E-state index in [-0.39, 0.29) is 5.82 Å². The van der Waals surface area contributed by atoms with Crippen molar-refractivity contribution in [2.45, 2.75) is 6.54 Å². The molecule has 0 amide bonds. The van der Waals surface area contributed by atoms with Gasteiger partial charge in [-0.3, -0.25) is 0 Å². The van der Waals surface area contributed by atoms with Crippen molar-refractivity contribution in [1.82, 2.24) is 9.55 Å². The van der Waals surface area contributed by atoms with E-state index in [9.17, 15) is 4.39 Å². The lowest BCUT2D eigenvalue weighted by Gasteiger charge is -2.02. The van der Waals surface area contributed by atoms with Crippen LogP contribution in [0, 0.1) is 10.6 Å². The molecule has 3 aromatic rings. The van der Waals surface area contributed by atoms with Gasteiger partial charge in [-0.1, -0.05) is 42.5 Å². The zero-order chi connectivity index (χ0) is 13.9. The highest BCUT2D eigenvalue weighted by molar-refractivity contribution is 7.71. The molecule has 0 saturated heterocycles. The lowest BCUT2D eigenvalue weighted by molar-refractivity contribution is 0.623. The summed E-state index contributed by atoms with van der Waals surface area (Å²) in [5.41, 5.74) is 2.93. The smallest absolute Gasteiger partial charge is 0.177 e. The summed E-state index contributed by atoms with van der Waals surface area (Å²) in [5.74, 6) is -0.229. The molecule has 0 radical (unpaired) electrons. The number of aromatic amines is 1. The molecule has 0 aliphatic rings. The van der Waals surface area contributed by atoms with Crippen molar-refractivity contribution in [2.24, 2.45) is 0 Å². The SMILES string of the molecule is Fc1cccc(Cn2cc(-c3ccccc3)[nH]c2=S)c1. The molecule has 1 aromatic heterocycles. The molecule has 0 unspecified atom stereocenters. The second-order valence-corrected chi connectivity index (χ2v) is 4.98. The molecule has 0 aliphatic carbocycles. The van der Waals surface area contributed by atoms with Crippen molar-refractivity contribution in [3.63, 3.8) is 0 Å². The van der Waals surface area contributed by atoms with Gasteiger partial charge in [-0.15, -0.1) is 0 Å². The standard InChI is InChI=1S/C16H13FN2S/c17-14-8-4-5-12(9-14)10-19-11-15(18-16(19)20)13-6-2-1-3-7-13/h1-9,11H,10H2,(H,18,20). The Kier molecular flexibility index (Phi) is 3.48. The topological polar surface area (TPSA) is 20.7 Å². The number of aromatic nitrogens is 2. The van der Waals surface area contributed by atoms with Gasteiger partial charge in [0.05, 0.1) is 5.69 Å². The maximum absolute atomic E-state index is 13.2. The van der Waals surface area contributed by atoms with E-state index in [1.807, 2.05) is 47.2 Å². The monoisotopic (exact) mass is 284 g/mol. The predicted octanol–water partition coefficient (Wildman–Crippen LogP) is 4.40. The first-order valence-corrected chi connectivity index (χ1v) is 6.72. The van der Waals surface area contributed by atoms with Gasteiger partial charge < -0.3 is 9.55 Å². The number of nitrogens with zero attached hydrogens (tertiary/aromatic N) is 1. The van der Waals surface area contributed by atoms with E-state index in [2.05, 4.69) is 4.98 Å². The van der Waals surface area contributed by atoms with E-state index in [0.717, 1.165) is 16.8 Å². The van der Waals surface area contributed by atoms with Gasteiger partial charge in [-0.05, 0) is 35.5 Å². The number of hydrogen-bond acceptors (Lipinski definition) is 1. The Bertz CT molecular complexity index is 774. The van der Waals surface area contributed by atoms with Crippen LogP contribution in [0.2, 0.25) is 0 Å². The van der Waals surface area contributed by atoms with Gasteiger partial charge in [0.15, 0.2) is 4.77 Å². The summed E-state index contributed by atoms with van der Waals surface area (Å²) in [7, 11) is 0. The van der Waals surface area contributed by atoms with E-state index < -0.39 is 0 Å². The third kappa shape index (κ3) is 2.70. The molecule has 2 nitrogen and oxygen atoms in total. The molecule has 1 N–H and O–H groups in total. The molecule has 3 rings (SSSR count). The van der Waals surface area contributed by atoms with E-state index in [0.29, 0.717) is 11.3 Å². The summed E-state index contributed by atoms with van der Waals surface area (Å²) in [4.78, 5) is 3.18. The van der Waals surface area contributed by atoms with Crippen molar-refractivity contribution in [2.75, 3.05) is 0 Å². The van der Waals surface area contributed by atoms with Gasteiger partial charge >= 0.3 is 0 Å². The first-order valence-electron chi connectivity index (χ1n) is 6.32. The minimum absolute atomic E-state index is 0.229. The average Bonchev–Trinajstić information content (AvgIpc) is 2.81. The molecule has 0 saturated carbocycles. The third-order valence-electron chi connectivity index (χ3n) is 3.11. The van der Waals surface area contributed by atoms with Gasteiger partial charge in [0.25, 0.3) is 0 Å². The first kappa shape index (κ1) is 12.8. The Hall–Kier alpha value is -2.20. The Morgan fingerprint density at radius 3 is 2.60 bits per heavy atom. The molecule has 0 aliphatic heterocycles. The molecule has 2 aromatic carbocycles. The molecule has 0 atom stereocenters. The van der Waals surface area contributed by atoms with Crippen LogP contribution in [0.15, 0.2) is 60.8 Å². The summed E-state index contributed by atoms with van der Waals surface area (Å²) in [6.45, 7) is 0.555. The van der Waals surface area contributed by atoms with Crippen molar-refractivity contribution < 1.29 is 4.39 Å². The van der Waals surface area contributed by atoms with E-state index in [1.54, 1.807) is 6.07 Å². The largest absolute Gasteiger partial charge is 0.331 e. The maximum Gasteiger partial charge on any atom is 0.177 e. The van der Waals surface area contributed by atoms with Gasteiger partial charge in [-0.25, -0.2) is 4.39 Å². The van der Waals surface area contributed by atoms with Crippen LogP contribution < -0.4 is 0 Å². The van der Waals surface area contributed by atoms with Crippen molar-refractivity contribution in [1.29, 1.82) is 0 Å². The molecule has 100 valence electrons. The molecule has 4 heteroatoms. The van der Waals surface area contributed by atoms with Crippen LogP contribution in [-0.4, -0.2) is 9.55 Å². The summed E-state index contributed by atoms with van der Waals surface area (Å²) < 4.78 is 15.7. The van der Waals surface area contributed by atoms with E-state index >= 15 is 0 Å². The van der Waals surface area contributed by atoms with E-state index in [4.69, 9.17) is 12.2 Å². The van der Waals surface area contributed by atoms with Gasteiger partial charge in [0.1, 0.15) is 5.82 Å². The van der Waals surface area contributed by atoms with Crippen LogP contribution in [0.3, 0.4) is 0 Å². The third-order valence-corrected chi connectivity index (χ3v) is 3.45. The molecule has 20 heavy (non-hydrogen) atoms. The van der Waals surface area contributed by atoms with Crippen molar-refractivity contribution >= 4 is 12.2 Å². The number of imidazole rings is 1. The number of hydrogen-bond donors (Lipinski definition) is 1. The minimum Gasteiger partial charge on any atom is -0.331 e. The Morgan fingerprint density at radius 1 is 1.05 bits per heavy atom. The van der Waals surface area contributed by atoms with Crippen LogP contribution in [0.1, 0.15) is 5.56 Å². The normalized spacial score (nSPS) is 10.7. The molecule has 0 spiro atoms. The zero-order valence-corrected chi connectivity index (χ0v) is 11.5.